The number of rotatable bonds is 2. The van der Waals surface area contributed by atoms with Gasteiger partial charge in [-0.25, -0.2) is 0 Å². The SMILES string of the molecule is CN1C(=O)C2(N)CCOCC2(c2cc(O)ccc2F)NC1=BOC#N. The van der Waals surface area contributed by atoms with Gasteiger partial charge in [0.2, 0.25) is 0 Å². The molecule has 2 heterocycles. The summed E-state index contributed by atoms with van der Waals surface area (Å²) in [5.74, 6) is -1.31. The monoisotopic (exact) mass is 346 g/mol. The molecule has 8 nitrogen and oxygen atoms in total. The predicted molar refractivity (Wildman–Crippen MR) is 85.5 cm³/mol. The molecule has 0 aromatic heterocycles. The average Bonchev–Trinajstić information content (AvgIpc) is 2.60. The minimum atomic E-state index is -1.52. The number of fused-ring (bicyclic) bond motifs is 1. The van der Waals surface area contributed by atoms with Crippen LogP contribution in [0.4, 0.5) is 4.39 Å². The molecule has 2 saturated heterocycles. The first kappa shape index (κ1) is 17.2. The van der Waals surface area contributed by atoms with Crippen molar-refractivity contribution < 1.29 is 23.7 Å². The zero-order chi connectivity index (χ0) is 18.2. The fourth-order valence-electron chi connectivity index (χ4n) is 3.37. The van der Waals surface area contributed by atoms with E-state index in [-0.39, 0.29) is 36.7 Å². The molecule has 1 amide bonds. The molecule has 1 aromatic carbocycles. The number of carbonyl (C=O) groups is 1. The molecule has 3 rings (SSSR count). The van der Waals surface area contributed by atoms with Crippen LogP contribution >= 0.6 is 0 Å². The van der Waals surface area contributed by atoms with Crippen LogP contribution in [0.1, 0.15) is 12.0 Å². The topological polar surface area (TPSA) is 121 Å². The predicted octanol–water partition coefficient (Wildman–Crippen LogP) is -0.890. The maximum absolute atomic E-state index is 14.6. The zero-order valence-corrected chi connectivity index (χ0v) is 13.5. The third kappa shape index (κ3) is 2.43. The molecule has 2 atom stereocenters. The molecule has 130 valence electrons. The van der Waals surface area contributed by atoms with Crippen LogP contribution in [0, 0.1) is 17.3 Å². The number of nitriles is 1. The number of nitrogens with one attached hydrogen (secondary N) is 1. The molecular formula is C15H16BFN4O4. The van der Waals surface area contributed by atoms with E-state index < -0.39 is 22.8 Å². The van der Waals surface area contributed by atoms with E-state index in [2.05, 4.69) is 9.97 Å². The maximum atomic E-state index is 14.6. The van der Waals surface area contributed by atoms with E-state index >= 15 is 0 Å². The van der Waals surface area contributed by atoms with E-state index in [0.29, 0.717) is 0 Å². The molecule has 0 aliphatic carbocycles. The molecule has 1 aromatic rings. The number of carbonyl (C=O) groups excluding carboxylic acids is 1. The van der Waals surface area contributed by atoms with Crippen molar-refractivity contribution in [2.24, 2.45) is 5.73 Å². The number of ether oxygens (including phenoxy) is 1. The fraction of sp³-hybridized carbons (Fsp3) is 0.400. The van der Waals surface area contributed by atoms with Crippen molar-refractivity contribution in [3.8, 4) is 12.0 Å². The van der Waals surface area contributed by atoms with Crippen molar-refractivity contribution in [2.75, 3.05) is 20.3 Å². The number of phenolic OH excluding ortho intramolecular Hbond substituents is 1. The number of phenols is 1. The van der Waals surface area contributed by atoms with E-state index in [4.69, 9.17) is 15.7 Å². The van der Waals surface area contributed by atoms with Crippen LogP contribution < -0.4 is 11.1 Å². The van der Waals surface area contributed by atoms with Crippen molar-refractivity contribution >= 4 is 18.7 Å². The summed E-state index contributed by atoms with van der Waals surface area (Å²) in [5.41, 5.74) is 3.60. The van der Waals surface area contributed by atoms with Crippen molar-refractivity contribution in [3.63, 3.8) is 0 Å². The Hall–Kier alpha value is -2.64. The van der Waals surface area contributed by atoms with Crippen LogP contribution in [-0.4, -0.2) is 54.5 Å². The molecule has 0 spiro atoms. The molecular weight excluding hydrogens is 330 g/mol. The second-order valence-electron chi connectivity index (χ2n) is 6.04. The van der Waals surface area contributed by atoms with Gasteiger partial charge in [-0.2, -0.15) is 0 Å². The standard InChI is InChI=1S/C15H16BFN4O4/c1-21-12(23)14(19)4-5-24-7-15(14,20-13(21)16-25-8-18)10-6-9(22)2-3-11(10)17/h2-3,6,20,22H,4-5,7,19H2,1H3. The van der Waals surface area contributed by atoms with Gasteiger partial charge < -0.3 is 0 Å². The number of aromatic hydroxyl groups is 1. The van der Waals surface area contributed by atoms with Crippen LogP contribution in [-0.2, 0) is 19.7 Å². The van der Waals surface area contributed by atoms with Gasteiger partial charge in [0.25, 0.3) is 0 Å². The van der Waals surface area contributed by atoms with Crippen molar-refractivity contribution in [2.45, 2.75) is 17.5 Å². The van der Waals surface area contributed by atoms with Crippen molar-refractivity contribution in [1.29, 1.82) is 5.26 Å². The van der Waals surface area contributed by atoms with Gasteiger partial charge in [0, 0.05) is 0 Å². The number of hydrogen-bond donors (Lipinski definition) is 3. The van der Waals surface area contributed by atoms with Crippen molar-refractivity contribution in [1.82, 2.24) is 10.2 Å². The molecule has 0 bridgehead atoms. The van der Waals surface area contributed by atoms with E-state index in [0.717, 1.165) is 13.2 Å². The Bertz CT molecular complexity index is 798. The molecule has 0 radical (unpaired) electrons. The Morgan fingerprint density at radius 2 is 2.36 bits per heavy atom. The van der Waals surface area contributed by atoms with Gasteiger partial charge in [0.15, 0.2) is 0 Å². The number of hydrogen-bond acceptors (Lipinski definition) is 7. The number of amides is 1. The van der Waals surface area contributed by atoms with Gasteiger partial charge in [-0.15, -0.1) is 0 Å². The van der Waals surface area contributed by atoms with Crippen molar-refractivity contribution in [3.05, 3.63) is 29.6 Å². The zero-order valence-electron chi connectivity index (χ0n) is 13.5. The molecule has 2 fully saturated rings. The summed E-state index contributed by atoms with van der Waals surface area (Å²) in [5, 5.41) is 21.4. The molecule has 4 N–H and O–H groups in total. The first-order valence-electron chi connectivity index (χ1n) is 7.52. The molecule has 2 aliphatic rings. The quantitative estimate of drug-likeness (QED) is 0.469. The fourth-order valence-corrected chi connectivity index (χ4v) is 3.37. The normalized spacial score (nSPS) is 30.1. The van der Waals surface area contributed by atoms with E-state index in [1.54, 1.807) is 0 Å². The van der Waals surface area contributed by atoms with Crippen LogP contribution in [0.25, 0.3) is 0 Å². The van der Waals surface area contributed by atoms with Gasteiger partial charge in [-0.05, 0) is 0 Å². The molecule has 10 heteroatoms. The van der Waals surface area contributed by atoms with E-state index in [1.165, 1.54) is 30.3 Å². The number of benzene rings is 1. The Labute approximate surface area is 143 Å². The van der Waals surface area contributed by atoms with Gasteiger partial charge in [-0.3, -0.25) is 0 Å². The van der Waals surface area contributed by atoms with E-state index in [1.807, 2.05) is 0 Å². The Morgan fingerprint density at radius 3 is 3.08 bits per heavy atom. The number of nitrogens with two attached hydrogens (primary N) is 1. The Kier molecular flexibility index (Phi) is 4.14. The van der Waals surface area contributed by atoms with Gasteiger partial charge >= 0.3 is 143 Å². The summed E-state index contributed by atoms with van der Waals surface area (Å²) < 4.78 is 24.7. The molecule has 2 unspecified atom stereocenters. The first-order valence-corrected chi connectivity index (χ1v) is 7.52. The van der Waals surface area contributed by atoms with Crippen LogP contribution in [0.3, 0.4) is 0 Å². The second kappa shape index (κ2) is 6.02. The summed E-state index contributed by atoms with van der Waals surface area (Å²) in [6, 6.07) is 3.50. The van der Waals surface area contributed by atoms with Crippen LogP contribution in [0.5, 0.6) is 5.75 Å². The summed E-state index contributed by atoms with van der Waals surface area (Å²) in [4.78, 5) is 14.2. The summed E-state index contributed by atoms with van der Waals surface area (Å²) in [7, 11) is 2.50. The van der Waals surface area contributed by atoms with Gasteiger partial charge in [-0.1, -0.05) is 0 Å². The summed E-state index contributed by atoms with van der Waals surface area (Å²) in [6.45, 7) is 0.126. The molecule has 25 heavy (non-hydrogen) atoms. The molecule has 0 saturated carbocycles. The number of halogens is 1. The number of nitrogens with zero attached hydrogens (tertiary/aromatic N) is 2. The summed E-state index contributed by atoms with van der Waals surface area (Å²) >= 11 is 0. The summed E-state index contributed by atoms with van der Waals surface area (Å²) in [6.07, 6.45) is 1.62. The van der Waals surface area contributed by atoms with Crippen LogP contribution in [0.2, 0.25) is 0 Å². The Balaban J connectivity index is 2.22. The Morgan fingerprint density at radius 1 is 1.60 bits per heavy atom. The third-order valence-electron chi connectivity index (χ3n) is 4.74. The minimum absolute atomic E-state index is 0.000919. The van der Waals surface area contributed by atoms with Gasteiger partial charge in [0.05, 0.1) is 0 Å². The average molecular weight is 346 g/mol. The third-order valence-corrected chi connectivity index (χ3v) is 4.74. The van der Waals surface area contributed by atoms with Crippen LogP contribution in [0.15, 0.2) is 18.2 Å². The number of likely N-dealkylation sites (N-methyl/N-ethyl adjacent to an activating group) is 1. The molecule has 2 aliphatic heterocycles. The first-order chi connectivity index (χ1) is 11.9. The second-order valence-corrected chi connectivity index (χ2v) is 6.04. The van der Waals surface area contributed by atoms with E-state index in [9.17, 15) is 14.3 Å². The van der Waals surface area contributed by atoms with Gasteiger partial charge in [0.1, 0.15) is 0 Å².